The molecular weight excluding hydrogens is 351 g/mol. The van der Waals surface area contributed by atoms with Crippen LogP contribution < -0.4 is 0 Å². The smallest absolute Gasteiger partial charge is 0.390 e. The summed E-state index contributed by atoms with van der Waals surface area (Å²) < 4.78 is 75.8. The third kappa shape index (κ3) is 5.23. The average molecular weight is 372 g/mol. The Morgan fingerprint density at radius 2 is 1.12 bits per heavy atom. The number of unbranched alkanes of at least 4 members (excludes halogenated alkanes) is 4. The predicted octanol–water partition coefficient (Wildman–Crippen LogP) is 4.10. The average Bonchev–Trinajstić information content (AvgIpc) is 2.59. The molecule has 0 heterocycles. The van der Waals surface area contributed by atoms with E-state index in [9.17, 15) is 26.7 Å². The van der Waals surface area contributed by atoms with E-state index < -0.39 is 43.5 Å². The highest BCUT2D eigenvalue weighted by Gasteiger charge is 2.33. The van der Waals surface area contributed by atoms with Gasteiger partial charge in [0.25, 0.3) is 0 Å². The van der Waals surface area contributed by atoms with Crippen molar-refractivity contribution in [1.29, 1.82) is 0 Å². The summed E-state index contributed by atoms with van der Waals surface area (Å²) in [4.78, 5) is 9.83. The van der Waals surface area contributed by atoms with Gasteiger partial charge < -0.3 is 13.6 Å². The van der Waals surface area contributed by atoms with Crippen LogP contribution in [0.4, 0.5) is 22.0 Å². The summed E-state index contributed by atoms with van der Waals surface area (Å²) in [6.07, 6.45) is 2.74. The van der Waals surface area contributed by atoms with Crippen molar-refractivity contribution < 1.29 is 35.6 Å². The Hall–Kier alpha value is -1.03. The van der Waals surface area contributed by atoms with Gasteiger partial charge >= 0.3 is 8.80 Å². The summed E-state index contributed by atoms with van der Waals surface area (Å²) in [7, 11) is -0.320. The molecule has 0 radical (unpaired) electrons. The van der Waals surface area contributed by atoms with Gasteiger partial charge in [-0.3, -0.25) is 0 Å². The topological polar surface area (TPSA) is 38.7 Å². The maximum absolute atomic E-state index is 13.5. The fraction of sp³-hybridized carbons (Fsp3) is 0.600. The number of hydrogen-bond donors (Lipinski definition) is 1. The van der Waals surface area contributed by atoms with E-state index >= 15 is 0 Å². The van der Waals surface area contributed by atoms with Crippen molar-refractivity contribution >= 4 is 8.80 Å². The molecule has 0 amide bonds. The van der Waals surface area contributed by atoms with Crippen molar-refractivity contribution in [3.05, 3.63) is 34.6 Å². The SMILES string of the molecule is CO[Si](O)(CCCCCCCc1c(F)c(F)c(F)c(F)c1F)OC. The number of halogens is 5. The van der Waals surface area contributed by atoms with Gasteiger partial charge in [-0.25, -0.2) is 22.0 Å². The fourth-order valence-electron chi connectivity index (χ4n) is 2.34. The van der Waals surface area contributed by atoms with Crippen LogP contribution >= 0.6 is 0 Å². The lowest BCUT2D eigenvalue weighted by Gasteiger charge is -2.19. The molecule has 0 spiro atoms. The summed E-state index contributed by atoms with van der Waals surface area (Å²) in [6, 6.07) is 0.400. The molecule has 0 aliphatic carbocycles. The van der Waals surface area contributed by atoms with E-state index in [1.165, 1.54) is 14.2 Å². The van der Waals surface area contributed by atoms with Crippen molar-refractivity contribution in [2.75, 3.05) is 14.2 Å². The monoisotopic (exact) mass is 372 g/mol. The first-order chi connectivity index (χ1) is 11.3. The van der Waals surface area contributed by atoms with Crippen molar-refractivity contribution in [3.63, 3.8) is 0 Å². The summed E-state index contributed by atoms with van der Waals surface area (Å²) in [6.45, 7) is 0. The first-order valence-corrected chi connectivity index (χ1v) is 9.57. The normalized spacial score (nSPS) is 12.0. The Bertz CT molecular complexity index is 523. The van der Waals surface area contributed by atoms with Crippen molar-refractivity contribution in [2.45, 2.75) is 44.6 Å². The van der Waals surface area contributed by atoms with E-state index in [0.717, 1.165) is 6.42 Å². The minimum Gasteiger partial charge on any atom is -0.390 e. The first kappa shape index (κ1) is 21.0. The van der Waals surface area contributed by atoms with E-state index in [2.05, 4.69) is 0 Å². The summed E-state index contributed by atoms with van der Waals surface area (Å²) in [5, 5.41) is 0. The second-order valence-corrected chi connectivity index (χ2v) is 8.18. The van der Waals surface area contributed by atoms with Crippen LogP contribution in [0.5, 0.6) is 0 Å². The lowest BCUT2D eigenvalue weighted by molar-refractivity contribution is 0.150. The van der Waals surface area contributed by atoms with E-state index in [1.54, 1.807) is 0 Å². The van der Waals surface area contributed by atoms with Crippen LogP contribution in [0.15, 0.2) is 0 Å². The molecular formula is C15H21F5O3Si. The third-order valence-corrected chi connectivity index (χ3v) is 6.12. The van der Waals surface area contributed by atoms with Crippen molar-refractivity contribution in [1.82, 2.24) is 0 Å². The molecule has 0 aromatic heterocycles. The maximum atomic E-state index is 13.5. The Balaban J connectivity index is 2.39. The first-order valence-electron chi connectivity index (χ1n) is 7.60. The molecule has 0 unspecified atom stereocenters. The summed E-state index contributed by atoms with van der Waals surface area (Å²) in [5.74, 6) is -9.48. The molecule has 0 bridgehead atoms. The molecule has 1 aromatic carbocycles. The molecule has 1 rings (SSSR count). The molecule has 24 heavy (non-hydrogen) atoms. The highest BCUT2D eigenvalue weighted by atomic mass is 28.4. The molecule has 0 fully saturated rings. The van der Waals surface area contributed by atoms with Gasteiger partial charge in [-0.05, 0) is 19.3 Å². The molecule has 0 saturated carbocycles. The maximum Gasteiger partial charge on any atom is 0.497 e. The Labute approximate surface area is 138 Å². The molecule has 3 nitrogen and oxygen atoms in total. The van der Waals surface area contributed by atoms with Crippen LogP contribution in [0.2, 0.25) is 6.04 Å². The lowest BCUT2D eigenvalue weighted by atomic mass is 10.0. The van der Waals surface area contributed by atoms with Gasteiger partial charge in [0.05, 0.1) is 0 Å². The zero-order valence-corrected chi connectivity index (χ0v) is 14.6. The second kappa shape index (κ2) is 9.45. The van der Waals surface area contributed by atoms with Crippen LogP contribution in [0.1, 0.15) is 37.7 Å². The number of rotatable bonds is 10. The summed E-state index contributed by atoms with van der Waals surface area (Å²) in [5.41, 5.74) is -0.771. The largest absolute Gasteiger partial charge is 0.497 e. The van der Waals surface area contributed by atoms with Crippen LogP contribution in [0.3, 0.4) is 0 Å². The van der Waals surface area contributed by atoms with Crippen LogP contribution in [0, 0.1) is 29.1 Å². The fourth-order valence-corrected chi connectivity index (χ4v) is 3.61. The Kier molecular flexibility index (Phi) is 8.27. The van der Waals surface area contributed by atoms with E-state index in [-0.39, 0.29) is 6.42 Å². The number of hydrogen-bond acceptors (Lipinski definition) is 3. The zero-order chi connectivity index (χ0) is 18.3. The van der Waals surface area contributed by atoms with Gasteiger partial charge in [0.2, 0.25) is 5.82 Å². The van der Waals surface area contributed by atoms with Gasteiger partial charge in [-0.2, -0.15) is 0 Å². The second-order valence-electron chi connectivity index (χ2n) is 5.44. The standard InChI is InChI=1S/C15H21F5O3Si/c1-22-24(21,23-2)9-7-5-3-4-6-8-10-11(16)13(18)15(20)14(19)12(10)17/h21H,3-9H2,1-2H3. The molecule has 0 aliphatic rings. The molecule has 1 aromatic rings. The van der Waals surface area contributed by atoms with Gasteiger partial charge in [-0.15, -0.1) is 0 Å². The minimum absolute atomic E-state index is 0.222. The molecule has 138 valence electrons. The Morgan fingerprint density at radius 1 is 0.708 bits per heavy atom. The quantitative estimate of drug-likeness (QED) is 0.221. The molecule has 0 atom stereocenters. The highest BCUT2D eigenvalue weighted by molar-refractivity contribution is 6.59. The number of benzene rings is 1. The van der Waals surface area contributed by atoms with E-state index in [1.807, 2.05) is 0 Å². The Morgan fingerprint density at radius 3 is 1.62 bits per heavy atom. The van der Waals surface area contributed by atoms with E-state index in [0.29, 0.717) is 31.7 Å². The van der Waals surface area contributed by atoms with E-state index in [4.69, 9.17) is 8.85 Å². The van der Waals surface area contributed by atoms with Gasteiger partial charge in [-0.1, -0.05) is 19.3 Å². The van der Waals surface area contributed by atoms with Gasteiger partial charge in [0.15, 0.2) is 23.3 Å². The van der Waals surface area contributed by atoms with Crippen LogP contribution in [-0.2, 0) is 15.3 Å². The van der Waals surface area contributed by atoms with Crippen molar-refractivity contribution in [2.24, 2.45) is 0 Å². The molecule has 9 heteroatoms. The molecule has 0 aliphatic heterocycles. The third-order valence-electron chi connectivity index (χ3n) is 3.86. The zero-order valence-electron chi connectivity index (χ0n) is 13.6. The molecule has 0 saturated heterocycles. The summed E-state index contributed by atoms with van der Waals surface area (Å²) >= 11 is 0. The van der Waals surface area contributed by atoms with Crippen LogP contribution in [-0.4, -0.2) is 27.8 Å². The highest BCUT2D eigenvalue weighted by Crippen LogP contribution is 2.24. The lowest BCUT2D eigenvalue weighted by Crippen LogP contribution is -2.39. The predicted molar refractivity (Wildman–Crippen MR) is 79.8 cm³/mol. The van der Waals surface area contributed by atoms with Crippen LogP contribution in [0.25, 0.3) is 0 Å². The van der Waals surface area contributed by atoms with Gasteiger partial charge in [0.1, 0.15) is 0 Å². The van der Waals surface area contributed by atoms with Crippen molar-refractivity contribution in [3.8, 4) is 0 Å². The van der Waals surface area contributed by atoms with Gasteiger partial charge in [0, 0.05) is 25.8 Å². The minimum atomic E-state index is -3.07. The molecule has 1 N–H and O–H groups in total.